The maximum Gasteiger partial charge on any atom is 0.289 e. The van der Waals surface area contributed by atoms with Gasteiger partial charge in [0, 0.05) is 56.0 Å². The number of non-ortho nitro benzene ring substituents is 1. The van der Waals surface area contributed by atoms with Crippen LogP contribution < -0.4 is 10.2 Å². The third kappa shape index (κ3) is 5.50. The molecule has 222 valence electrons. The predicted molar refractivity (Wildman–Crippen MR) is 159 cm³/mol. The first-order valence-corrected chi connectivity index (χ1v) is 14.4. The van der Waals surface area contributed by atoms with Crippen LogP contribution in [-0.2, 0) is 9.59 Å². The number of carbonyl (C=O) groups excluding carboxylic acids is 3. The third-order valence-electron chi connectivity index (χ3n) is 8.36. The third-order valence-corrected chi connectivity index (χ3v) is 8.36. The molecule has 0 saturated carbocycles. The zero-order valence-electron chi connectivity index (χ0n) is 24.1. The van der Waals surface area contributed by atoms with Gasteiger partial charge in [-0.25, -0.2) is 0 Å². The Morgan fingerprint density at radius 1 is 1.00 bits per heavy atom. The van der Waals surface area contributed by atoms with Crippen molar-refractivity contribution in [3.8, 4) is 0 Å². The molecule has 2 amide bonds. The van der Waals surface area contributed by atoms with Crippen LogP contribution in [-0.4, -0.2) is 65.0 Å². The van der Waals surface area contributed by atoms with Gasteiger partial charge in [0.05, 0.1) is 35.1 Å². The Morgan fingerprint density at radius 3 is 2.47 bits per heavy atom. The SMILES string of the molecule is CC1(C)CC(=O)C2=C(C1)Nc1ccccc1N(CC(=O)N1CCN(C(=O)c3ccco3)CC1)C2c1cccc([N+](=O)[O-])c1. The van der Waals surface area contributed by atoms with E-state index in [-0.39, 0.29) is 41.0 Å². The van der Waals surface area contributed by atoms with Gasteiger partial charge in [-0.3, -0.25) is 24.5 Å². The molecule has 11 nitrogen and oxygen atoms in total. The minimum Gasteiger partial charge on any atom is -0.459 e. The second kappa shape index (κ2) is 11.0. The number of benzene rings is 2. The van der Waals surface area contributed by atoms with E-state index in [0.29, 0.717) is 50.2 Å². The first kappa shape index (κ1) is 28.2. The van der Waals surface area contributed by atoms with Gasteiger partial charge < -0.3 is 24.4 Å². The van der Waals surface area contributed by atoms with E-state index in [1.54, 1.807) is 34.1 Å². The topological polar surface area (TPSA) is 129 Å². The number of furan rings is 1. The zero-order valence-corrected chi connectivity index (χ0v) is 24.1. The first-order chi connectivity index (χ1) is 20.6. The molecule has 11 heteroatoms. The van der Waals surface area contributed by atoms with Gasteiger partial charge in [-0.2, -0.15) is 0 Å². The standard InChI is InChI=1S/C32H33N5O6/c1-32(2)18-24-29(26(38)19-32)30(21-7-5-8-22(17-21)37(41)42)36(25-10-4-3-9-23(25)33-24)20-28(39)34-12-14-35(15-13-34)31(40)27-11-6-16-43-27/h3-11,16-17,30,33H,12-15,18-20H2,1-2H3. The minimum absolute atomic E-state index is 0.0504. The highest BCUT2D eigenvalue weighted by Gasteiger charge is 2.42. The molecule has 3 aliphatic rings. The molecule has 6 rings (SSSR count). The Bertz CT molecular complexity index is 1620. The van der Waals surface area contributed by atoms with Crippen molar-refractivity contribution in [1.82, 2.24) is 9.80 Å². The van der Waals surface area contributed by atoms with Crippen LogP contribution in [0.2, 0.25) is 0 Å². The van der Waals surface area contributed by atoms with Gasteiger partial charge >= 0.3 is 0 Å². The fourth-order valence-corrected chi connectivity index (χ4v) is 6.34. The molecule has 1 aromatic heterocycles. The average Bonchev–Trinajstić information content (AvgIpc) is 3.49. The minimum atomic E-state index is -0.722. The molecule has 0 bridgehead atoms. The van der Waals surface area contributed by atoms with Crippen molar-refractivity contribution in [1.29, 1.82) is 0 Å². The monoisotopic (exact) mass is 583 g/mol. The van der Waals surface area contributed by atoms with E-state index in [9.17, 15) is 24.5 Å². The first-order valence-electron chi connectivity index (χ1n) is 14.4. The number of ketones is 1. The number of fused-ring (bicyclic) bond motifs is 1. The van der Waals surface area contributed by atoms with E-state index in [2.05, 4.69) is 5.32 Å². The van der Waals surface area contributed by atoms with Crippen molar-refractivity contribution in [2.24, 2.45) is 5.41 Å². The Hall–Kier alpha value is -4.93. The van der Waals surface area contributed by atoms with Gasteiger partial charge in [-0.15, -0.1) is 0 Å². The van der Waals surface area contributed by atoms with E-state index in [1.165, 1.54) is 18.4 Å². The molecule has 1 N–H and O–H groups in total. The van der Waals surface area contributed by atoms with Gasteiger partial charge in [0.2, 0.25) is 5.91 Å². The van der Waals surface area contributed by atoms with Crippen LogP contribution in [0, 0.1) is 15.5 Å². The molecule has 0 spiro atoms. The number of nitrogens with zero attached hydrogens (tertiary/aromatic N) is 4. The fourth-order valence-electron chi connectivity index (χ4n) is 6.34. The lowest BCUT2D eigenvalue weighted by molar-refractivity contribution is -0.384. The normalized spacial score (nSPS) is 19.7. The number of rotatable bonds is 5. The second-order valence-electron chi connectivity index (χ2n) is 12.0. The molecule has 2 aromatic carbocycles. The lowest BCUT2D eigenvalue weighted by Gasteiger charge is -2.39. The number of nitro groups is 1. The summed E-state index contributed by atoms with van der Waals surface area (Å²) in [5.41, 5.74) is 2.98. The van der Waals surface area contributed by atoms with Crippen LogP contribution >= 0.6 is 0 Å². The Morgan fingerprint density at radius 2 is 1.74 bits per heavy atom. The number of para-hydroxylation sites is 2. The summed E-state index contributed by atoms with van der Waals surface area (Å²) < 4.78 is 5.25. The number of nitrogens with one attached hydrogen (secondary N) is 1. The van der Waals surface area contributed by atoms with E-state index in [4.69, 9.17) is 4.42 Å². The molecule has 2 aliphatic heterocycles. The number of Topliss-reactive ketones (excluding diaryl/α,β-unsaturated/α-hetero) is 1. The van der Waals surface area contributed by atoms with Crippen molar-refractivity contribution in [3.05, 3.63) is 99.6 Å². The van der Waals surface area contributed by atoms with Crippen molar-refractivity contribution in [3.63, 3.8) is 0 Å². The number of allylic oxidation sites excluding steroid dienone is 1. The molecule has 1 saturated heterocycles. The van der Waals surface area contributed by atoms with Crippen LogP contribution in [0.5, 0.6) is 0 Å². The number of hydrogen-bond acceptors (Lipinski definition) is 8. The number of piperazine rings is 1. The Kier molecular flexibility index (Phi) is 7.25. The number of carbonyl (C=O) groups is 3. The Balaban J connectivity index is 1.36. The molecule has 3 aromatic rings. The maximum atomic E-state index is 13.9. The summed E-state index contributed by atoms with van der Waals surface area (Å²) in [6.07, 6.45) is 2.39. The van der Waals surface area contributed by atoms with Crippen LogP contribution in [0.3, 0.4) is 0 Å². The summed E-state index contributed by atoms with van der Waals surface area (Å²) in [5, 5.41) is 15.3. The second-order valence-corrected chi connectivity index (χ2v) is 12.0. The van der Waals surface area contributed by atoms with Crippen molar-refractivity contribution in [2.45, 2.75) is 32.7 Å². The van der Waals surface area contributed by atoms with E-state index in [0.717, 1.165) is 17.1 Å². The average molecular weight is 584 g/mol. The number of hydrogen-bond donors (Lipinski definition) is 1. The molecule has 1 atom stereocenters. The summed E-state index contributed by atoms with van der Waals surface area (Å²) in [5.74, 6) is -0.167. The van der Waals surface area contributed by atoms with Crippen molar-refractivity contribution >= 4 is 34.7 Å². The summed E-state index contributed by atoms with van der Waals surface area (Å²) >= 11 is 0. The van der Waals surface area contributed by atoms with Crippen LogP contribution in [0.25, 0.3) is 0 Å². The van der Waals surface area contributed by atoms with Crippen LogP contribution in [0.15, 0.2) is 82.6 Å². The van der Waals surface area contributed by atoms with Crippen LogP contribution in [0.4, 0.5) is 17.1 Å². The lowest BCUT2D eigenvalue weighted by Crippen LogP contribution is -2.53. The Labute approximate surface area is 248 Å². The molecular weight excluding hydrogens is 550 g/mol. The fraction of sp³-hybridized carbons (Fsp3) is 0.344. The number of nitro benzene ring substituents is 1. The largest absolute Gasteiger partial charge is 0.459 e. The van der Waals surface area contributed by atoms with Crippen molar-refractivity contribution < 1.29 is 23.7 Å². The summed E-state index contributed by atoms with van der Waals surface area (Å²) in [6, 6.07) is 16.4. The van der Waals surface area contributed by atoms with E-state index >= 15 is 0 Å². The van der Waals surface area contributed by atoms with E-state index in [1.807, 2.05) is 43.0 Å². The maximum absolute atomic E-state index is 13.9. The van der Waals surface area contributed by atoms with Crippen LogP contribution in [0.1, 0.15) is 48.8 Å². The van der Waals surface area contributed by atoms with E-state index < -0.39 is 11.0 Å². The molecule has 43 heavy (non-hydrogen) atoms. The molecule has 0 radical (unpaired) electrons. The highest BCUT2D eigenvalue weighted by molar-refractivity contribution is 6.02. The highest BCUT2D eigenvalue weighted by atomic mass is 16.6. The van der Waals surface area contributed by atoms with Gasteiger partial charge in [0.25, 0.3) is 11.6 Å². The summed E-state index contributed by atoms with van der Waals surface area (Å²) in [7, 11) is 0. The quantitative estimate of drug-likeness (QED) is 0.335. The smallest absolute Gasteiger partial charge is 0.289 e. The van der Waals surface area contributed by atoms with Gasteiger partial charge in [-0.1, -0.05) is 38.1 Å². The molecule has 1 unspecified atom stereocenters. The molecule has 1 aliphatic carbocycles. The van der Waals surface area contributed by atoms with Crippen molar-refractivity contribution in [2.75, 3.05) is 42.9 Å². The van der Waals surface area contributed by atoms with Gasteiger partial charge in [-0.05, 0) is 41.7 Å². The number of anilines is 2. The molecule has 1 fully saturated rings. The predicted octanol–water partition coefficient (Wildman–Crippen LogP) is 4.79. The summed E-state index contributed by atoms with van der Waals surface area (Å²) in [6.45, 7) is 5.45. The number of amides is 2. The highest BCUT2D eigenvalue weighted by Crippen LogP contribution is 2.48. The molecule has 3 heterocycles. The molecular formula is C32H33N5O6. The van der Waals surface area contributed by atoms with Gasteiger partial charge in [0.15, 0.2) is 11.5 Å². The van der Waals surface area contributed by atoms with Gasteiger partial charge in [0.1, 0.15) is 0 Å². The lowest BCUT2D eigenvalue weighted by atomic mass is 9.73. The zero-order chi connectivity index (χ0) is 30.3. The summed E-state index contributed by atoms with van der Waals surface area (Å²) in [4.78, 5) is 57.1.